The molecule has 28 heavy (non-hydrogen) atoms. The summed E-state index contributed by atoms with van der Waals surface area (Å²) in [5.41, 5.74) is 2.97. The molecular formula is C20H19N3O4S. The first-order chi connectivity index (χ1) is 13.4. The SMILES string of the molecule is Cc1ccc(OCC(=O)Nc2ncc(Cc3cccc([N+](=O)[O-])c3)s2)c(C)c1. The number of nitrogens with one attached hydrogen (secondary N) is 1. The summed E-state index contributed by atoms with van der Waals surface area (Å²) in [5.74, 6) is 0.377. The van der Waals surface area contributed by atoms with Crippen molar-refractivity contribution in [3.05, 3.63) is 80.3 Å². The Balaban J connectivity index is 1.56. The fourth-order valence-electron chi connectivity index (χ4n) is 2.69. The number of hydrogen-bond acceptors (Lipinski definition) is 6. The normalized spacial score (nSPS) is 10.5. The highest BCUT2D eigenvalue weighted by Crippen LogP contribution is 2.23. The van der Waals surface area contributed by atoms with Crippen LogP contribution in [0, 0.1) is 24.0 Å². The molecule has 0 spiro atoms. The van der Waals surface area contributed by atoms with Crippen LogP contribution in [0.25, 0.3) is 0 Å². The minimum Gasteiger partial charge on any atom is -0.483 e. The van der Waals surface area contributed by atoms with Gasteiger partial charge in [-0.05, 0) is 31.0 Å². The molecule has 7 nitrogen and oxygen atoms in total. The van der Waals surface area contributed by atoms with E-state index in [9.17, 15) is 14.9 Å². The molecule has 1 N–H and O–H groups in total. The zero-order chi connectivity index (χ0) is 20.1. The Kier molecular flexibility index (Phi) is 6.00. The first kappa shape index (κ1) is 19.5. The van der Waals surface area contributed by atoms with Gasteiger partial charge in [-0.2, -0.15) is 0 Å². The summed E-state index contributed by atoms with van der Waals surface area (Å²) in [4.78, 5) is 27.6. The molecule has 144 valence electrons. The van der Waals surface area contributed by atoms with Gasteiger partial charge in [0.1, 0.15) is 5.75 Å². The van der Waals surface area contributed by atoms with Gasteiger partial charge in [0.25, 0.3) is 11.6 Å². The highest BCUT2D eigenvalue weighted by atomic mass is 32.1. The van der Waals surface area contributed by atoms with E-state index in [0.29, 0.717) is 17.3 Å². The van der Waals surface area contributed by atoms with Crippen molar-refractivity contribution >= 4 is 28.1 Å². The lowest BCUT2D eigenvalue weighted by atomic mass is 10.1. The van der Waals surface area contributed by atoms with Crippen LogP contribution in [0.1, 0.15) is 21.6 Å². The van der Waals surface area contributed by atoms with Gasteiger partial charge in [-0.25, -0.2) is 4.98 Å². The number of aryl methyl sites for hydroxylation is 2. The van der Waals surface area contributed by atoms with Crippen LogP contribution >= 0.6 is 11.3 Å². The maximum atomic E-state index is 12.1. The molecule has 0 bridgehead atoms. The molecule has 0 radical (unpaired) electrons. The predicted molar refractivity (Wildman–Crippen MR) is 108 cm³/mol. The highest BCUT2D eigenvalue weighted by Gasteiger charge is 2.11. The fourth-order valence-corrected chi connectivity index (χ4v) is 3.55. The molecule has 3 rings (SSSR count). The van der Waals surface area contributed by atoms with E-state index >= 15 is 0 Å². The monoisotopic (exact) mass is 397 g/mol. The molecule has 0 aliphatic carbocycles. The number of aromatic nitrogens is 1. The van der Waals surface area contributed by atoms with Crippen LogP contribution in [0.5, 0.6) is 5.75 Å². The van der Waals surface area contributed by atoms with E-state index in [1.54, 1.807) is 12.3 Å². The number of amides is 1. The highest BCUT2D eigenvalue weighted by molar-refractivity contribution is 7.15. The number of non-ortho nitro benzene ring substituents is 1. The first-order valence-corrected chi connectivity index (χ1v) is 9.40. The minimum atomic E-state index is -0.419. The van der Waals surface area contributed by atoms with Crippen molar-refractivity contribution in [2.75, 3.05) is 11.9 Å². The van der Waals surface area contributed by atoms with Gasteiger partial charge < -0.3 is 4.74 Å². The number of carbonyl (C=O) groups is 1. The van der Waals surface area contributed by atoms with Gasteiger partial charge in [0.15, 0.2) is 11.7 Å². The minimum absolute atomic E-state index is 0.0547. The molecular weight excluding hydrogens is 378 g/mol. The molecule has 1 heterocycles. The van der Waals surface area contributed by atoms with Crippen molar-refractivity contribution in [1.29, 1.82) is 0 Å². The topological polar surface area (TPSA) is 94.4 Å². The van der Waals surface area contributed by atoms with Gasteiger partial charge in [-0.15, -0.1) is 11.3 Å². The van der Waals surface area contributed by atoms with Crippen LogP contribution in [-0.4, -0.2) is 22.4 Å². The van der Waals surface area contributed by atoms with Crippen LogP contribution in [-0.2, 0) is 11.2 Å². The van der Waals surface area contributed by atoms with Crippen LogP contribution in [0.3, 0.4) is 0 Å². The summed E-state index contributed by atoms with van der Waals surface area (Å²) in [5, 5.41) is 14.1. The van der Waals surface area contributed by atoms with Crippen molar-refractivity contribution in [3.8, 4) is 5.75 Å². The first-order valence-electron chi connectivity index (χ1n) is 8.58. The summed E-state index contributed by atoms with van der Waals surface area (Å²) in [7, 11) is 0. The van der Waals surface area contributed by atoms with Crippen LogP contribution in [0.4, 0.5) is 10.8 Å². The average molecular weight is 397 g/mol. The van der Waals surface area contributed by atoms with Crippen molar-refractivity contribution in [3.63, 3.8) is 0 Å². The number of anilines is 1. The molecule has 0 saturated carbocycles. The summed E-state index contributed by atoms with van der Waals surface area (Å²) >= 11 is 1.33. The molecule has 0 fully saturated rings. The number of rotatable bonds is 7. The molecule has 1 aromatic heterocycles. The maximum absolute atomic E-state index is 12.1. The summed E-state index contributed by atoms with van der Waals surface area (Å²) < 4.78 is 5.56. The Hall–Kier alpha value is -3.26. The van der Waals surface area contributed by atoms with E-state index in [4.69, 9.17) is 4.74 Å². The van der Waals surface area contributed by atoms with Gasteiger partial charge in [0.2, 0.25) is 0 Å². The molecule has 2 aromatic carbocycles. The lowest BCUT2D eigenvalue weighted by Crippen LogP contribution is -2.20. The van der Waals surface area contributed by atoms with Gasteiger partial charge in [0.05, 0.1) is 4.92 Å². The van der Waals surface area contributed by atoms with E-state index in [1.165, 1.54) is 23.5 Å². The van der Waals surface area contributed by atoms with Gasteiger partial charge in [0, 0.05) is 29.6 Å². The zero-order valence-electron chi connectivity index (χ0n) is 15.5. The molecule has 8 heteroatoms. The van der Waals surface area contributed by atoms with Crippen molar-refractivity contribution in [2.45, 2.75) is 20.3 Å². The molecule has 0 aliphatic heterocycles. The van der Waals surface area contributed by atoms with E-state index < -0.39 is 4.92 Å². The largest absolute Gasteiger partial charge is 0.483 e. The standard InChI is InChI=1S/C20H19N3O4S/c1-13-6-7-18(14(2)8-13)27-12-19(24)22-20-21-11-17(28-20)10-15-4-3-5-16(9-15)23(25)26/h3-9,11H,10,12H2,1-2H3,(H,21,22,24). The van der Waals surface area contributed by atoms with E-state index in [-0.39, 0.29) is 18.2 Å². The Labute approximate surface area is 166 Å². The number of benzene rings is 2. The van der Waals surface area contributed by atoms with E-state index in [2.05, 4.69) is 10.3 Å². The van der Waals surface area contributed by atoms with Crippen molar-refractivity contribution in [1.82, 2.24) is 4.98 Å². The smallest absolute Gasteiger partial charge is 0.269 e. The third kappa shape index (κ3) is 5.14. The van der Waals surface area contributed by atoms with Gasteiger partial charge in [-0.3, -0.25) is 20.2 Å². The summed E-state index contributed by atoms with van der Waals surface area (Å²) in [6, 6.07) is 12.2. The van der Waals surface area contributed by atoms with E-state index in [1.807, 2.05) is 38.1 Å². The molecule has 1 amide bonds. The second kappa shape index (κ2) is 8.62. The molecule has 0 aliphatic rings. The number of thiazole rings is 1. The third-order valence-electron chi connectivity index (χ3n) is 3.99. The number of ether oxygens (including phenoxy) is 1. The molecule has 0 unspecified atom stereocenters. The second-order valence-electron chi connectivity index (χ2n) is 6.34. The van der Waals surface area contributed by atoms with E-state index in [0.717, 1.165) is 21.6 Å². The number of carbonyl (C=O) groups excluding carboxylic acids is 1. The van der Waals surface area contributed by atoms with Crippen molar-refractivity contribution < 1.29 is 14.5 Å². The van der Waals surface area contributed by atoms with Crippen LogP contribution in [0.15, 0.2) is 48.7 Å². The van der Waals surface area contributed by atoms with Gasteiger partial charge in [-0.1, -0.05) is 29.8 Å². The molecule has 0 saturated heterocycles. The Morgan fingerprint density at radius 2 is 2.07 bits per heavy atom. The summed E-state index contributed by atoms with van der Waals surface area (Å²) in [6.07, 6.45) is 2.17. The van der Waals surface area contributed by atoms with Crippen molar-refractivity contribution in [2.24, 2.45) is 0 Å². The number of nitrogens with zero attached hydrogens (tertiary/aromatic N) is 2. The lowest BCUT2D eigenvalue weighted by molar-refractivity contribution is -0.384. The lowest BCUT2D eigenvalue weighted by Gasteiger charge is -2.09. The maximum Gasteiger partial charge on any atom is 0.269 e. The Bertz CT molecular complexity index is 1020. The number of nitro benzene ring substituents is 1. The molecule has 0 atom stereocenters. The predicted octanol–water partition coefficient (Wildman–Crippen LogP) is 4.28. The quantitative estimate of drug-likeness (QED) is 0.474. The second-order valence-corrected chi connectivity index (χ2v) is 7.46. The number of hydrogen-bond donors (Lipinski definition) is 1. The van der Waals surface area contributed by atoms with Gasteiger partial charge >= 0.3 is 0 Å². The average Bonchev–Trinajstić information content (AvgIpc) is 3.08. The Morgan fingerprint density at radius 3 is 2.82 bits per heavy atom. The third-order valence-corrected chi connectivity index (χ3v) is 4.90. The zero-order valence-corrected chi connectivity index (χ0v) is 16.3. The van der Waals surface area contributed by atoms with Crippen LogP contribution < -0.4 is 10.1 Å². The molecule has 3 aromatic rings. The van der Waals surface area contributed by atoms with Crippen LogP contribution in [0.2, 0.25) is 0 Å². The summed E-state index contributed by atoms with van der Waals surface area (Å²) in [6.45, 7) is 3.82. The fraction of sp³-hybridized carbons (Fsp3) is 0.200. The number of nitro groups is 1. The Morgan fingerprint density at radius 1 is 1.25 bits per heavy atom.